The van der Waals surface area contributed by atoms with Crippen molar-refractivity contribution < 1.29 is 4.42 Å². The summed E-state index contributed by atoms with van der Waals surface area (Å²) in [6, 6.07) is 65.9. The van der Waals surface area contributed by atoms with E-state index in [9.17, 15) is 0 Å². The topological polar surface area (TPSA) is 52.7 Å². The molecule has 0 bridgehead atoms. The molecule has 0 saturated heterocycles. The molecule has 0 saturated carbocycles. The molecule has 1 aliphatic heterocycles. The molecule has 4 aromatic heterocycles. The Bertz CT molecular complexity index is 4550. The quantitative estimate of drug-likeness (QED) is 0.127. The number of aromatic nitrogens is 3. The second kappa shape index (κ2) is 21.2. The summed E-state index contributed by atoms with van der Waals surface area (Å²) in [6.07, 6.45) is 24.2. The van der Waals surface area contributed by atoms with Gasteiger partial charge in [-0.1, -0.05) is 153 Å². The molecule has 0 amide bonds. The lowest BCUT2D eigenvalue weighted by Gasteiger charge is -2.21. The van der Waals surface area contributed by atoms with Gasteiger partial charge in [-0.3, -0.25) is 0 Å². The third-order valence-electron chi connectivity index (χ3n) is 16.1. The van der Waals surface area contributed by atoms with E-state index in [1.165, 1.54) is 136 Å². The predicted molar refractivity (Wildman–Crippen MR) is 338 cm³/mol. The van der Waals surface area contributed by atoms with E-state index in [1.807, 2.05) is 67.6 Å². The first-order chi connectivity index (χ1) is 39.0. The van der Waals surface area contributed by atoms with E-state index in [0.717, 1.165) is 34.8 Å². The fourth-order valence-corrected chi connectivity index (χ4v) is 12.4. The molecule has 1 atom stereocenters. The summed E-state index contributed by atoms with van der Waals surface area (Å²) in [4.78, 5) is 7.30. The minimum absolute atomic E-state index is 0.196. The summed E-state index contributed by atoms with van der Waals surface area (Å²) in [5.41, 5.74) is 22.1. The van der Waals surface area contributed by atoms with Crippen LogP contribution >= 0.6 is 0 Å². The Balaban J connectivity index is 0.000000406. The Morgan fingerprint density at radius 2 is 1.20 bits per heavy atom. The maximum absolute atomic E-state index is 6.87. The van der Waals surface area contributed by atoms with E-state index in [1.54, 1.807) is 6.08 Å². The third-order valence-corrected chi connectivity index (χ3v) is 16.1. The van der Waals surface area contributed by atoms with E-state index >= 15 is 0 Å². The van der Waals surface area contributed by atoms with Crippen LogP contribution in [0.2, 0.25) is 0 Å². The number of fused-ring (bicyclic) bond motifs is 13. The lowest BCUT2D eigenvalue weighted by molar-refractivity contribution is 0.449. The van der Waals surface area contributed by atoms with Crippen molar-refractivity contribution in [2.45, 2.75) is 58.8 Å². The summed E-state index contributed by atoms with van der Waals surface area (Å²) in [6.45, 7) is 9.93. The summed E-state index contributed by atoms with van der Waals surface area (Å²) in [7, 11) is 0. The summed E-state index contributed by atoms with van der Waals surface area (Å²) in [5, 5.41) is 7.55. The van der Waals surface area contributed by atoms with E-state index in [2.05, 4.69) is 210 Å². The van der Waals surface area contributed by atoms with E-state index in [4.69, 9.17) is 4.42 Å². The molecule has 79 heavy (non-hydrogen) atoms. The van der Waals surface area contributed by atoms with Crippen molar-refractivity contribution in [1.29, 1.82) is 0 Å². The largest absolute Gasteiger partial charge is 0.460 e. The molecule has 0 radical (unpaired) electrons. The van der Waals surface area contributed by atoms with Gasteiger partial charge < -0.3 is 19.0 Å². The van der Waals surface area contributed by atoms with Crippen molar-refractivity contribution in [2.24, 2.45) is 0 Å². The van der Waals surface area contributed by atoms with Gasteiger partial charge in [-0.15, -0.1) is 0 Å². The van der Waals surface area contributed by atoms with Crippen LogP contribution in [0, 0.1) is 0 Å². The summed E-state index contributed by atoms with van der Waals surface area (Å²) < 4.78 is 11.7. The number of allylic oxidation sites excluding steroid dienone is 6. The van der Waals surface area contributed by atoms with Crippen molar-refractivity contribution in [1.82, 2.24) is 19.1 Å². The third kappa shape index (κ3) is 9.01. The number of hydrogen-bond donors (Lipinski definition) is 2. The first kappa shape index (κ1) is 49.1. The molecule has 8 aromatic carbocycles. The van der Waals surface area contributed by atoms with Gasteiger partial charge in [0.25, 0.3) is 0 Å². The van der Waals surface area contributed by atoms with Gasteiger partial charge >= 0.3 is 0 Å². The second-order valence-electron chi connectivity index (χ2n) is 21.0. The second-order valence-corrected chi connectivity index (χ2v) is 21.0. The van der Waals surface area contributed by atoms with E-state index in [0.29, 0.717) is 0 Å². The lowest BCUT2D eigenvalue weighted by Crippen LogP contribution is -2.23. The fourth-order valence-electron chi connectivity index (χ4n) is 12.4. The molecule has 12 aromatic rings. The van der Waals surface area contributed by atoms with Crippen LogP contribution in [0.15, 0.2) is 223 Å². The van der Waals surface area contributed by atoms with Gasteiger partial charge in [-0.25, -0.2) is 0 Å². The van der Waals surface area contributed by atoms with Crippen molar-refractivity contribution in [2.75, 3.05) is 0 Å². The van der Waals surface area contributed by atoms with Gasteiger partial charge in [0.15, 0.2) is 6.21 Å². The molecule has 15 rings (SSSR count). The zero-order valence-electron chi connectivity index (χ0n) is 45.1. The Labute approximate surface area is 461 Å². The number of rotatable bonds is 6. The lowest BCUT2D eigenvalue weighted by atomic mass is 9.92. The Kier molecular flexibility index (Phi) is 13.2. The van der Waals surface area contributed by atoms with Crippen LogP contribution in [0.4, 0.5) is 11.4 Å². The average molecular weight is 1020 g/mol. The summed E-state index contributed by atoms with van der Waals surface area (Å²) >= 11 is 0. The van der Waals surface area contributed by atoms with Crippen LogP contribution in [0.3, 0.4) is 0 Å². The highest BCUT2D eigenvalue weighted by atomic mass is 16.3. The highest BCUT2D eigenvalue weighted by Crippen LogP contribution is 2.47. The molecule has 1 unspecified atom stereocenters. The van der Waals surface area contributed by atoms with Crippen molar-refractivity contribution in [3.63, 3.8) is 0 Å². The zero-order valence-corrected chi connectivity index (χ0v) is 45.1. The number of hydrogen-bond acceptors (Lipinski definition) is 1. The SMILES string of the molecule is C/C=c1/c2c(o/c1=C/C=[N+]1c3ccccc3-c3cc(-c4ccc5[nH]c6c(c5c4)CCCC6)ccc31)C(C)CC(n1c3ccccc3c3cc(-c4ccc5[nH]c6ccccc6c5c4)ccc31)=C2.C=C/C=C\C=C/C.c1ccccc1. The van der Waals surface area contributed by atoms with Crippen molar-refractivity contribution in [3.8, 4) is 33.4 Å². The van der Waals surface area contributed by atoms with Gasteiger partial charge in [0.05, 0.1) is 22.2 Å². The maximum Gasteiger partial charge on any atom is 0.219 e. The molecule has 2 N–H and O–H groups in total. The monoisotopic (exact) mass is 1020 g/mol. The number of aromatic amines is 2. The molecule has 0 fully saturated rings. The molecular formula is C74H63N4O+. The number of benzene rings is 8. The number of furan rings is 1. The number of H-pyrrole nitrogens is 2. The Morgan fingerprint density at radius 1 is 0.570 bits per heavy atom. The molecule has 5 nitrogen and oxygen atoms in total. The minimum atomic E-state index is 0.196. The fraction of sp³-hybridized carbons (Fsp3) is 0.122. The van der Waals surface area contributed by atoms with Crippen molar-refractivity contribution in [3.05, 3.63) is 252 Å². The highest BCUT2D eigenvalue weighted by Gasteiger charge is 2.32. The molecule has 2 aliphatic carbocycles. The van der Waals surface area contributed by atoms with Crippen LogP contribution in [0.5, 0.6) is 0 Å². The number of para-hydroxylation sites is 3. The zero-order chi connectivity index (χ0) is 53.4. The van der Waals surface area contributed by atoms with E-state index < -0.39 is 0 Å². The van der Waals surface area contributed by atoms with Gasteiger partial charge in [0.1, 0.15) is 11.2 Å². The van der Waals surface area contributed by atoms with Crippen LogP contribution < -0.4 is 15.2 Å². The molecule has 0 spiro atoms. The van der Waals surface area contributed by atoms with Crippen molar-refractivity contribution >= 4 is 96.0 Å². The van der Waals surface area contributed by atoms with Crippen LogP contribution in [-0.2, 0) is 12.8 Å². The first-order valence-electron chi connectivity index (χ1n) is 27.9. The minimum Gasteiger partial charge on any atom is -0.460 e. The highest BCUT2D eigenvalue weighted by molar-refractivity contribution is 6.13. The Morgan fingerprint density at radius 3 is 1.99 bits per heavy atom. The standard InChI is InChI=1S/C61H47N4O.C7H10.C6H6/c1-3-42-51-35-41(65-58-19-11-7-15-46(58)50-34-40(23-27-59(50)65)38-21-25-55-48(32-38)44-13-5-9-17-53(44)63-55)30-36(2)61(51)66-60(42)28-29-64-56-18-10-6-14-45(56)49-33-39(22-26-57(49)64)37-20-24-54-47(31-37)43-12-4-8-16-52(43)62-54;1-3-5-7-6-4-2;1-2-4-6-5-3-1/h3,5-7,9-11,13-15,17-29,31-36,62-63H,4,8,12,16,30H2,1-2H3;3-7H,1H2,2H3;1-6H/q+1;;/b42-3-,60-28+,64-29?;6-4-,7-5-;. The first-order valence-corrected chi connectivity index (χ1v) is 27.9. The smallest absolute Gasteiger partial charge is 0.219 e. The van der Waals surface area contributed by atoms with Crippen LogP contribution in [-0.4, -0.2) is 20.7 Å². The molecule has 384 valence electrons. The molecular weight excluding hydrogens is 961 g/mol. The van der Waals surface area contributed by atoms with Gasteiger partial charge in [0.2, 0.25) is 11.4 Å². The van der Waals surface area contributed by atoms with Gasteiger partial charge in [-0.05, 0) is 147 Å². The summed E-state index contributed by atoms with van der Waals surface area (Å²) in [5.74, 6) is 1.25. The average Bonchev–Trinajstić information content (AvgIpc) is 4.51. The molecule has 3 aliphatic rings. The van der Waals surface area contributed by atoms with Crippen LogP contribution in [0.25, 0.3) is 112 Å². The number of nitrogens with zero attached hydrogens (tertiary/aromatic N) is 2. The van der Waals surface area contributed by atoms with Gasteiger partial charge in [-0.2, -0.15) is 4.58 Å². The van der Waals surface area contributed by atoms with Crippen LogP contribution in [0.1, 0.15) is 68.5 Å². The van der Waals surface area contributed by atoms with Gasteiger partial charge in [0, 0.05) is 89.8 Å². The maximum atomic E-state index is 6.87. The Hall–Kier alpha value is -9.45. The normalized spacial score (nSPS) is 15.6. The predicted octanol–water partition coefficient (Wildman–Crippen LogP) is 18.4. The van der Waals surface area contributed by atoms with E-state index in [-0.39, 0.29) is 5.92 Å². The molecule has 5 heteroatoms. The molecule has 5 heterocycles. The number of nitrogens with one attached hydrogen (secondary N) is 2. The number of aryl methyl sites for hydroxylation is 2.